The fourth-order valence-electron chi connectivity index (χ4n) is 1.90. The molecule has 6 heteroatoms. The Morgan fingerprint density at radius 2 is 2.05 bits per heavy atom. The third-order valence-corrected chi connectivity index (χ3v) is 4.30. The average molecular weight is 420 g/mol. The highest BCUT2D eigenvalue weighted by Crippen LogP contribution is 2.29. The van der Waals surface area contributed by atoms with Crippen molar-refractivity contribution in [2.24, 2.45) is 0 Å². The molecule has 1 N–H and O–H groups in total. The Kier molecular flexibility index (Phi) is 5.37. The summed E-state index contributed by atoms with van der Waals surface area (Å²) in [6, 6.07) is 4.53. The second-order valence-corrected chi connectivity index (χ2v) is 6.39. The highest BCUT2D eigenvalue weighted by molar-refractivity contribution is 14.1. The van der Waals surface area contributed by atoms with Gasteiger partial charge in [-0.05, 0) is 53.6 Å². The first-order chi connectivity index (χ1) is 9.93. The Morgan fingerprint density at radius 3 is 2.62 bits per heavy atom. The summed E-state index contributed by atoms with van der Waals surface area (Å²) in [6.45, 7) is 6.96. The van der Waals surface area contributed by atoms with Crippen LogP contribution in [0, 0.1) is 9.39 Å². The zero-order valence-corrected chi connectivity index (χ0v) is 15.0. The summed E-state index contributed by atoms with van der Waals surface area (Å²) >= 11 is 8.10. The van der Waals surface area contributed by atoms with Crippen molar-refractivity contribution in [1.82, 2.24) is 9.97 Å². The predicted molar refractivity (Wildman–Crippen MR) is 93.4 cm³/mol. The molecule has 3 nitrogen and oxygen atoms in total. The third kappa shape index (κ3) is 3.63. The van der Waals surface area contributed by atoms with E-state index in [-0.39, 0.29) is 10.9 Å². The predicted octanol–water partition coefficient (Wildman–Crippen LogP) is 5.10. The first-order valence-electron chi connectivity index (χ1n) is 6.70. The van der Waals surface area contributed by atoms with Gasteiger partial charge in [0.25, 0.3) is 0 Å². The monoisotopic (exact) mass is 419 g/mol. The smallest absolute Gasteiger partial charge is 0.161 e. The van der Waals surface area contributed by atoms with E-state index in [0.717, 1.165) is 21.6 Å². The summed E-state index contributed by atoms with van der Waals surface area (Å²) in [6.07, 6.45) is 0. The molecule has 21 heavy (non-hydrogen) atoms. The van der Waals surface area contributed by atoms with Crippen molar-refractivity contribution in [2.45, 2.75) is 26.7 Å². The normalized spacial score (nSPS) is 11.0. The SMILES string of the molecule is CCNc1nc(-c2ccc(F)c(Cl)c2)nc(C(C)C)c1I. The first-order valence-corrected chi connectivity index (χ1v) is 8.16. The lowest BCUT2D eigenvalue weighted by molar-refractivity contribution is 0.628. The third-order valence-electron chi connectivity index (χ3n) is 2.95. The van der Waals surface area contributed by atoms with E-state index in [2.05, 4.69) is 51.7 Å². The van der Waals surface area contributed by atoms with Crippen LogP contribution < -0.4 is 5.32 Å². The van der Waals surface area contributed by atoms with Crippen molar-refractivity contribution in [1.29, 1.82) is 0 Å². The molecule has 1 aromatic carbocycles. The van der Waals surface area contributed by atoms with E-state index >= 15 is 0 Å². The van der Waals surface area contributed by atoms with Gasteiger partial charge in [-0.1, -0.05) is 25.4 Å². The number of anilines is 1. The molecule has 0 saturated carbocycles. The highest BCUT2D eigenvalue weighted by Gasteiger charge is 2.16. The fraction of sp³-hybridized carbons (Fsp3) is 0.333. The van der Waals surface area contributed by atoms with Crippen LogP contribution in [0.1, 0.15) is 32.4 Å². The summed E-state index contributed by atoms with van der Waals surface area (Å²) in [5.41, 5.74) is 1.68. The number of hydrogen-bond acceptors (Lipinski definition) is 3. The molecule has 2 rings (SSSR count). The summed E-state index contributed by atoms with van der Waals surface area (Å²) in [5, 5.41) is 3.32. The average Bonchev–Trinajstić information content (AvgIpc) is 2.44. The van der Waals surface area contributed by atoms with Gasteiger partial charge in [-0.2, -0.15) is 0 Å². The molecule has 1 heterocycles. The van der Waals surface area contributed by atoms with E-state index < -0.39 is 5.82 Å². The summed E-state index contributed by atoms with van der Waals surface area (Å²) in [4.78, 5) is 9.15. The van der Waals surface area contributed by atoms with Gasteiger partial charge in [-0.25, -0.2) is 14.4 Å². The van der Waals surface area contributed by atoms with Crippen LogP contribution in [-0.4, -0.2) is 16.5 Å². The fourth-order valence-corrected chi connectivity index (χ4v) is 3.13. The minimum atomic E-state index is -0.443. The zero-order valence-electron chi connectivity index (χ0n) is 12.0. The summed E-state index contributed by atoms with van der Waals surface area (Å²) in [5.74, 6) is 1.18. The number of hydrogen-bond donors (Lipinski definition) is 1. The van der Waals surface area contributed by atoms with Crippen LogP contribution in [-0.2, 0) is 0 Å². The molecule has 0 atom stereocenters. The largest absolute Gasteiger partial charge is 0.369 e. The van der Waals surface area contributed by atoms with Gasteiger partial charge in [0.1, 0.15) is 11.6 Å². The Bertz CT molecular complexity index is 662. The molecular weight excluding hydrogens is 404 g/mol. The van der Waals surface area contributed by atoms with Crippen molar-refractivity contribution in [3.63, 3.8) is 0 Å². The van der Waals surface area contributed by atoms with Crippen LogP contribution in [0.3, 0.4) is 0 Å². The van der Waals surface area contributed by atoms with E-state index in [0.29, 0.717) is 11.4 Å². The number of benzene rings is 1. The van der Waals surface area contributed by atoms with Crippen LogP contribution >= 0.6 is 34.2 Å². The van der Waals surface area contributed by atoms with E-state index in [9.17, 15) is 4.39 Å². The first kappa shape index (κ1) is 16.4. The number of nitrogens with one attached hydrogen (secondary N) is 1. The van der Waals surface area contributed by atoms with Gasteiger partial charge in [-0.3, -0.25) is 0 Å². The van der Waals surface area contributed by atoms with E-state index in [1.807, 2.05) is 6.92 Å². The molecule has 0 amide bonds. The molecule has 1 aromatic heterocycles. The van der Waals surface area contributed by atoms with Crippen molar-refractivity contribution in [3.8, 4) is 11.4 Å². The van der Waals surface area contributed by atoms with Gasteiger partial charge >= 0.3 is 0 Å². The minimum Gasteiger partial charge on any atom is -0.369 e. The molecule has 0 aliphatic carbocycles. The van der Waals surface area contributed by atoms with Crippen molar-refractivity contribution < 1.29 is 4.39 Å². The molecule has 0 bridgehead atoms. The molecule has 0 fully saturated rings. The molecule has 0 radical (unpaired) electrons. The lowest BCUT2D eigenvalue weighted by atomic mass is 10.1. The molecule has 0 aliphatic rings. The van der Waals surface area contributed by atoms with Gasteiger partial charge < -0.3 is 5.32 Å². The minimum absolute atomic E-state index is 0.0748. The summed E-state index contributed by atoms with van der Waals surface area (Å²) < 4.78 is 14.3. The Morgan fingerprint density at radius 1 is 1.33 bits per heavy atom. The Hall–Kier alpha value is -0.950. The quantitative estimate of drug-likeness (QED) is 0.701. The molecule has 0 unspecified atom stereocenters. The lowest BCUT2D eigenvalue weighted by Crippen LogP contribution is -2.09. The zero-order chi connectivity index (χ0) is 15.6. The highest BCUT2D eigenvalue weighted by atomic mass is 127. The topological polar surface area (TPSA) is 37.8 Å². The van der Waals surface area contributed by atoms with Gasteiger partial charge in [0, 0.05) is 12.1 Å². The maximum absolute atomic E-state index is 13.3. The van der Waals surface area contributed by atoms with Gasteiger partial charge in [0.15, 0.2) is 5.82 Å². The van der Waals surface area contributed by atoms with E-state index in [1.54, 1.807) is 12.1 Å². The number of aromatic nitrogens is 2. The molecule has 112 valence electrons. The van der Waals surface area contributed by atoms with E-state index in [4.69, 9.17) is 11.6 Å². The van der Waals surface area contributed by atoms with E-state index in [1.165, 1.54) is 6.07 Å². The standard InChI is InChI=1S/C15H16ClFIN3/c1-4-19-15-12(18)13(8(2)3)20-14(21-15)9-5-6-11(17)10(16)7-9/h5-8H,4H2,1-3H3,(H,19,20,21). The van der Waals surface area contributed by atoms with Crippen LogP contribution in [0.15, 0.2) is 18.2 Å². The number of rotatable bonds is 4. The van der Waals surface area contributed by atoms with Crippen LogP contribution in [0.2, 0.25) is 5.02 Å². The number of nitrogens with zero attached hydrogens (tertiary/aromatic N) is 2. The molecule has 0 saturated heterocycles. The van der Waals surface area contributed by atoms with Crippen molar-refractivity contribution >= 4 is 40.0 Å². The van der Waals surface area contributed by atoms with Gasteiger partial charge in [0.2, 0.25) is 0 Å². The maximum Gasteiger partial charge on any atom is 0.161 e. The van der Waals surface area contributed by atoms with Crippen molar-refractivity contribution in [2.75, 3.05) is 11.9 Å². The summed E-state index contributed by atoms with van der Waals surface area (Å²) in [7, 11) is 0. The van der Waals surface area contributed by atoms with Crippen LogP contribution in [0.5, 0.6) is 0 Å². The van der Waals surface area contributed by atoms with Gasteiger partial charge in [0.05, 0.1) is 14.3 Å². The number of halogens is 3. The van der Waals surface area contributed by atoms with Gasteiger partial charge in [-0.15, -0.1) is 0 Å². The molecule has 2 aromatic rings. The molecular formula is C15H16ClFIN3. The lowest BCUT2D eigenvalue weighted by Gasteiger charge is -2.14. The second kappa shape index (κ2) is 6.87. The van der Waals surface area contributed by atoms with Crippen LogP contribution in [0.4, 0.5) is 10.2 Å². The molecule has 0 aliphatic heterocycles. The van der Waals surface area contributed by atoms with Crippen molar-refractivity contribution in [3.05, 3.63) is 38.3 Å². The maximum atomic E-state index is 13.3. The molecule has 0 spiro atoms. The van der Waals surface area contributed by atoms with Crippen LogP contribution in [0.25, 0.3) is 11.4 Å². The Labute approximate surface area is 142 Å². The second-order valence-electron chi connectivity index (χ2n) is 4.91. The Balaban J connectivity index is 2.59.